The van der Waals surface area contributed by atoms with Gasteiger partial charge in [0.05, 0.1) is 37.1 Å². The first-order chi connectivity index (χ1) is 14.2. The summed E-state index contributed by atoms with van der Waals surface area (Å²) in [5.41, 5.74) is 1.16. The Morgan fingerprint density at radius 1 is 0.966 bits per heavy atom. The van der Waals surface area contributed by atoms with Crippen molar-refractivity contribution >= 4 is 5.97 Å². The largest absolute Gasteiger partial charge is 0.460 e. The van der Waals surface area contributed by atoms with Gasteiger partial charge in [0.25, 0.3) is 0 Å². The first-order valence-electron chi connectivity index (χ1n) is 11.0. The predicted octanol–water partition coefficient (Wildman–Crippen LogP) is 3.15. The van der Waals surface area contributed by atoms with Gasteiger partial charge in [-0.25, -0.2) is 0 Å². The van der Waals surface area contributed by atoms with E-state index in [0.29, 0.717) is 26.1 Å². The molecule has 1 N–H and O–H groups in total. The summed E-state index contributed by atoms with van der Waals surface area (Å²) in [6.45, 7) is 1.24. The molecule has 6 atom stereocenters. The fourth-order valence-corrected chi connectivity index (χ4v) is 4.64. The Morgan fingerprint density at radius 3 is 2.45 bits per heavy atom. The van der Waals surface area contributed by atoms with Gasteiger partial charge in [0.15, 0.2) is 0 Å². The van der Waals surface area contributed by atoms with Crippen molar-refractivity contribution in [3.8, 4) is 0 Å². The van der Waals surface area contributed by atoms with E-state index in [1.165, 1.54) is 0 Å². The second kappa shape index (κ2) is 10.0. The molecule has 3 aliphatic heterocycles. The Hall–Kier alpha value is -1.47. The molecule has 3 aliphatic rings. The lowest BCUT2D eigenvalue weighted by Gasteiger charge is -2.24. The summed E-state index contributed by atoms with van der Waals surface area (Å²) >= 11 is 0. The minimum atomic E-state index is -0.465. The van der Waals surface area contributed by atoms with Gasteiger partial charge in [0.1, 0.15) is 6.10 Å². The number of carbonyl (C=O) groups excluding carboxylic acids is 1. The molecule has 29 heavy (non-hydrogen) atoms. The van der Waals surface area contributed by atoms with Crippen LogP contribution in [0.1, 0.15) is 56.9 Å². The van der Waals surface area contributed by atoms with Gasteiger partial charge in [-0.3, -0.25) is 4.79 Å². The maximum atomic E-state index is 11.3. The molecular formula is C23H32O6. The molecule has 0 aromatic heterocycles. The number of hydrogen-bond donors (Lipinski definition) is 1. The fraction of sp³-hybridized carbons (Fsp3) is 0.696. The first kappa shape index (κ1) is 20.8. The van der Waals surface area contributed by atoms with E-state index in [-0.39, 0.29) is 36.5 Å². The van der Waals surface area contributed by atoms with Gasteiger partial charge >= 0.3 is 5.97 Å². The van der Waals surface area contributed by atoms with Crippen LogP contribution in [0.4, 0.5) is 0 Å². The molecule has 160 valence electrons. The number of hydrogen-bond acceptors (Lipinski definition) is 6. The van der Waals surface area contributed by atoms with Crippen molar-refractivity contribution in [2.24, 2.45) is 0 Å². The van der Waals surface area contributed by atoms with Crippen molar-refractivity contribution in [1.29, 1.82) is 0 Å². The third-order valence-corrected chi connectivity index (χ3v) is 6.24. The molecule has 0 saturated carbocycles. The summed E-state index contributed by atoms with van der Waals surface area (Å²) in [5, 5.41) is 10.5. The minimum Gasteiger partial charge on any atom is -0.460 e. The average molecular weight is 405 g/mol. The summed E-state index contributed by atoms with van der Waals surface area (Å²) in [6, 6.07) is 10.1. The summed E-state index contributed by atoms with van der Waals surface area (Å²) in [4.78, 5) is 11.3. The Balaban J connectivity index is 1.12. The highest BCUT2D eigenvalue weighted by atomic mass is 16.6. The van der Waals surface area contributed by atoms with Crippen LogP contribution >= 0.6 is 0 Å². The van der Waals surface area contributed by atoms with Gasteiger partial charge in [-0.1, -0.05) is 30.3 Å². The van der Waals surface area contributed by atoms with Crippen LogP contribution in [0.2, 0.25) is 0 Å². The molecule has 0 radical (unpaired) electrons. The molecule has 0 bridgehead atoms. The summed E-state index contributed by atoms with van der Waals surface area (Å²) in [5.74, 6) is -0.116. The van der Waals surface area contributed by atoms with Crippen molar-refractivity contribution < 1.29 is 28.8 Å². The Bertz CT molecular complexity index is 650. The monoisotopic (exact) mass is 404 g/mol. The Labute approximate surface area is 172 Å². The number of cyclic esters (lactones) is 1. The second-order valence-corrected chi connectivity index (χ2v) is 8.40. The quantitative estimate of drug-likeness (QED) is 0.503. The molecule has 0 amide bonds. The molecule has 0 unspecified atom stereocenters. The van der Waals surface area contributed by atoms with Crippen LogP contribution in [0.3, 0.4) is 0 Å². The van der Waals surface area contributed by atoms with Gasteiger partial charge in [-0.2, -0.15) is 0 Å². The van der Waals surface area contributed by atoms with Crippen molar-refractivity contribution in [3.05, 3.63) is 35.9 Å². The third kappa shape index (κ3) is 5.57. The standard InChI is InChI=1S/C23H32O6/c24-17(7-4-14-26-15-16-5-2-1-3-6-16)18-8-9-19(27-18)20-10-11-21(28-20)22-12-13-23(25)29-22/h1-3,5-6,17-22,24H,4,7-15H2/t17-,18+,19-,20+,21+,22+/m0/s1. The highest BCUT2D eigenvalue weighted by Gasteiger charge is 2.43. The minimum absolute atomic E-state index is 0.000729. The number of benzene rings is 1. The van der Waals surface area contributed by atoms with E-state index >= 15 is 0 Å². The van der Waals surface area contributed by atoms with Gasteiger partial charge in [-0.15, -0.1) is 0 Å². The van der Waals surface area contributed by atoms with Crippen molar-refractivity contribution in [2.45, 2.75) is 94.6 Å². The smallest absolute Gasteiger partial charge is 0.306 e. The number of ether oxygens (including phenoxy) is 4. The van der Waals surface area contributed by atoms with Crippen molar-refractivity contribution in [2.75, 3.05) is 6.61 Å². The number of carbonyl (C=O) groups is 1. The molecule has 3 heterocycles. The molecule has 1 aromatic rings. The topological polar surface area (TPSA) is 74.2 Å². The van der Waals surface area contributed by atoms with E-state index < -0.39 is 6.10 Å². The SMILES string of the molecule is O=C1CC[C@H]([C@H]2CC[C@H]([C@@H]3CC[C@H]([C@@H](O)CCCOCc4ccccc4)O3)O2)O1. The molecule has 3 saturated heterocycles. The molecule has 3 fully saturated rings. The highest BCUT2D eigenvalue weighted by molar-refractivity contribution is 5.71. The van der Waals surface area contributed by atoms with Gasteiger partial charge in [-0.05, 0) is 50.5 Å². The Morgan fingerprint density at radius 2 is 1.69 bits per heavy atom. The van der Waals surface area contributed by atoms with Gasteiger partial charge < -0.3 is 24.1 Å². The molecule has 4 rings (SSSR count). The molecular weight excluding hydrogens is 372 g/mol. The van der Waals surface area contributed by atoms with E-state index in [9.17, 15) is 9.90 Å². The van der Waals surface area contributed by atoms with Gasteiger partial charge in [0, 0.05) is 13.0 Å². The normalized spacial score (nSPS) is 33.1. The zero-order valence-electron chi connectivity index (χ0n) is 16.9. The summed E-state index contributed by atoms with van der Waals surface area (Å²) in [6.07, 6.45) is 5.76. The lowest BCUT2D eigenvalue weighted by atomic mass is 10.0. The molecule has 0 aliphatic carbocycles. The summed E-state index contributed by atoms with van der Waals surface area (Å²) in [7, 11) is 0. The van der Waals surface area contributed by atoms with E-state index in [4.69, 9.17) is 18.9 Å². The number of rotatable bonds is 9. The van der Waals surface area contributed by atoms with E-state index in [1.54, 1.807) is 0 Å². The van der Waals surface area contributed by atoms with Crippen LogP contribution < -0.4 is 0 Å². The maximum Gasteiger partial charge on any atom is 0.306 e. The van der Waals surface area contributed by atoms with Crippen LogP contribution in [-0.4, -0.2) is 54.3 Å². The summed E-state index contributed by atoms with van der Waals surface area (Å²) < 4.78 is 23.3. The van der Waals surface area contributed by atoms with Crippen LogP contribution in [0.25, 0.3) is 0 Å². The van der Waals surface area contributed by atoms with Crippen LogP contribution in [0.5, 0.6) is 0 Å². The lowest BCUT2D eigenvalue weighted by molar-refractivity contribution is -0.149. The second-order valence-electron chi connectivity index (χ2n) is 8.40. The molecule has 0 spiro atoms. The van der Waals surface area contributed by atoms with E-state index in [0.717, 1.165) is 44.1 Å². The molecule has 1 aromatic carbocycles. The molecule has 6 heteroatoms. The highest BCUT2D eigenvalue weighted by Crippen LogP contribution is 2.36. The zero-order valence-corrected chi connectivity index (χ0v) is 16.9. The number of esters is 1. The predicted molar refractivity (Wildman–Crippen MR) is 106 cm³/mol. The van der Waals surface area contributed by atoms with Crippen LogP contribution in [0.15, 0.2) is 30.3 Å². The average Bonchev–Trinajstić information content (AvgIpc) is 3.48. The van der Waals surface area contributed by atoms with Crippen LogP contribution in [0, 0.1) is 0 Å². The van der Waals surface area contributed by atoms with Gasteiger partial charge in [0.2, 0.25) is 0 Å². The van der Waals surface area contributed by atoms with Crippen molar-refractivity contribution in [3.63, 3.8) is 0 Å². The van der Waals surface area contributed by atoms with E-state index in [1.807, 2.05) is 30.3 Å². The molecule has 6 nitrogen and oxygen atoms in total. The maximum absolute atomic E-state index is 11.3. The van der Waals surface area contributed by atoms with Crippen LogP contribution in [-0.2, 0) is 30.3 Å². The number of aliphatic hydroxyl groups is 1. The van der Waals surface area contributed by atoms with Crippen molar-refractivity contribution in [1.82, 2.24) is 0 Å². The van der Waals surface area contributed by atoms with E-state index in [2.05, 4.69) is 0 Å². The third-order valence-electron chi connectivity index (χ3n) is 6.24. The number of aliphatic hydroxyl groups excluding tert-OH is 1. The fourth-order valence-electron chi connectivity index (χ4n) is 4.64. The zero-order chi connectivity index (χ0) is 20.1. The Kier molecular flexibility index (Phi) is 7.19. The first-order valence-corrected chi connectivity index (χ1v) is 11.0. The lowest BCUT2D eigenvalue weighted by Crippen LogP contribution is -2.33.